The molecule has 1 aliphatic heterocycles. The summed E-state index contributed by atoms with van der Waals surface area (Å²) in [4.78, 5) is 23.3. The second kappa shape index (κ2) is 4.53. The van der Waals surface area contributed by atoms with Crippen LogP contribution in [0.5, 0.6) is 0 Å². The molecule has 2 atom stereocenters. The van der Waals surface area contributed by atoms with E-state index in [1.54, 1.807) is 0 Å². The Morgan fingerprint density at radius 2 is 2.31 bits per heavy atom. The molecule has 2 rings (SSSR count). The summed E-state index contributed by atoms with van der Waals surface area (Å²) in [6, 6.07) is 0. The first kappa shape index (κ1) is 11.6. The molecule has 0 bridgehead atoms. The third kappa shape index (κ3) is 1.98. The van der Waals surface area contributed by atoms with E-state index in [1.165, 1.54) is 0 Å². The molecule has 2 unspecified atom stereocenters. The first-order valence-corrected chi connectivity index (χ1v) is 5.99. The van der Waals surface area contributed by atoms with Crippen molar-refractivity contribution in [2.45, 2.75) is 38.5 Å². The topological polar surface area (TPSA) is 63.6 Å². The van der Waals surface area contributed by atoms with Gasteiger partial charge in [-0.1, -0.05) is 6.42 Å². The number of Topliss-reactive ketones (excluding diaryl/α,β-unsaturated/α-hetero) is 1. The van der Waals surface area contributed by atoms with Gasteiger partial charge in [-0.05, 0) is 31.6 Å². The van der Waals surface area contributed by atoms with E-state index < -0.39 is 11.4 Å². The fraction of sp³-hybridized carbons (Fsp3) is 0.833. The fourth-order valence-corrected chi connectivity index (χ4v) is 2.86. The predicted octanol–water partition coefficient (Wildman–Crippen LogP) is 1.63. The van der Waals surface area contributed by atoms with Crippen LogP contribution in [0, 0.1) is 11.3 Å². The minimum atomic E-state index is -1.10. The highest BCUT2D eigenvalue weighted by Gasteiger charge is 2.48. The van der Waals surface area contributed by atoms with Gasteiger partial charge >= 0.3 is 5.97 Å². The third-order valence-corrected chi connectivity index (χ3v) is 3.86. The van der Waals surface area contributed by atoms with Crippen molar-refractivity contribution < 1.29 is 19.4 Å². The largest absolute Gasteiger partial charge is 0.480 e. The molecule has 2 fully saturated rings. The zero-order valence-electron chi connectivity index (χ0n) is 9.41. The van der Waals surface area contributed by atoms with E-state index in [0.29, 0.717) is 32.5 Å². The molecule has 16 heavy (non-hydrogen) atoms. The van der Waals surface area contributed by atoms with Crippen LogP contribution in [0.3, 0.4) is 0 Å². The molecule has 2 aliphatic rings. The molecule has 0 radical (unpaired) electrons. The average molecular weight is 226 g/mol. The van der Waals surface area contributed by atoms with E-state index in [4.69, 9.17) is 4.74 Å². The van der Waals surface area contributed by atoms with Gasteiger partial charge in [0.25, 0.3) is 0 Å². The van der Waals surface area contributed by atoms with Crippen LogP contribution in [0.2, 0.25) is 0 Å². The van der Waals surface area contributed by atoms with Gasteiger partial charge in [0, 0.05) is 19.6 Å². The van der Waals surface area contributed by atoms with E-state index in [1.807, 2.05) is 0 Å². The number of ether oxygens (including phenoxy) is 1. The summed E-state index contributed by atoms with van der Waals surface area (Å²) in [5.41, 5.74) is -1.10. The van der Waals surface area contributed by atoms with Gasteiger partial charge in [-0.25, -0.2) is 0 Å². The standard InChI is InChI=1S/C12H18O4/c13-10-3-1-2-5-12(10,11(14)15)7-9-4-6-16-8-9/h9H,1-8H2,(H,14,15). The molecule has 0 amide bonds. The number of carboxylic acid groups (broad SMARTS) is 1. The van der Waals surface area contributed by atoms with Crippen molar-refractivity contribution in [2.24, 2.45) is 11.3 Å². The van der Waals surface area contributed by atoms with E-state index in [2.05, 4.69) is 0 Å². The average Bonchev–Trinajstić information content (AvgIpc) is 2.74. The van der Waals surface area contributed by atoms with Gasteiger partial charge in [-0.3, -0.25) is 9.59 Å². The van der Waals surface area contributed by atoms with Gasteiger partial charge in [0.15, 0.2) is 0 Å². The maximum absolute atomic E-state index is 11.9. The van der Waals surface area contributed by atoms with Crippen molar-refractivity contribution in [2.75, 3.05) is 13.2 Å². The minimum Gasteiger partial charge on any atom is -0.480 e. The summed E-state index contributed by atoms with van der Waals surface area (Å²) in [5, 5.41) is 9.36. The van der Waals surface area contributed by atoms with Crippen molar-refractivity contribution in [3.8, 4) is 0 Å². The van der Waals surface area contributed by atoms with Gasteiger partial charge in [-0.2, -0.15) is 0 Å². The molecule has 1 saturated carbocycles. The summed E-state index contributed by atoms with van der Waals surface area (Å²) >= 11 is 0. The number of hydrogen-bond donors (Lipinski definition) is 1. The quantitative estimate of drug-likeness (QED) is 0.743. The number of carbonyl (C=O) groups excluding carboxylic acids is 1. The highest BCUT2D eigenvalue weighted by molar-refractivity contribution is 6.03. The van der Waals surface area contributed by atoms with Gasteiger partial charge < -0.3 is 9.84 Å². The van der Waals surface area contributed by atoms with Gasteiger partial charge in [0.2, 0.25) is 0 Å². The molecular formula is C12H18O4. The van der Waals surface area contributed by atoms with Crippen molar-refractivity contribution in [1.82, 2.24) is 0 Å². The Kier molecular flexibility index (Phi) is 3.28. The Bertz CT molecular complexity index is 293. The van der Waals surface area contributed by atoms with Crippen molar-refractivity contribution in [1.29, 1.82) is 0 Å². The van der Waals surface area contributed by atoms with Crippen molar-refractivity contribution in [3.63, 3.8) is 0 Å². The lowest BCUT2D eigenvalue weighted by atomic mass is 9.68. The van der Waals surface area contributed by atoms with Crippen LogP contribution in [-0.4, -0.2) is 30.1 Å². The molecule has 1 N–H and O–H groups in total. The summed E-state index contributed by atoms with van der Waals surface area (Å²) in [6.07, 6.45) is 4.00. The monoisotopic (exact) mass is 226 g/mol. The van der Waals surface area contributed by atoms with Crippen molar-refractivity contribution in [3.05, 3.63) is 0 Å². The number of ketones is 1. The van der Waals surface area contributed by atoms with Crippen molar-refractivity contribution >= 4 is 11.8 Å². The molecule has 0 aromatic heterocycles. The normalized spacial score (nSPS) is 35.2. The van der Waals surface area contributed by atoms with Crippen LogP contribution in [0.15, 0.2) is 0 Å². The lowest BCUT2D eigenvalue weighted by Crippen LogP contribution is -2.43. The lowest BCUT2D eigenvalue weighted by Gasteiger charge is -2.33. The molecule has 0 aromatic rings. The van der Waals surface area contributed by atoms with E-state index in [-0.39, 0.29) is 11.7 Å². The van der Waals surface area contributed by atoms with Crippen LogP contribution in [0.4, 0.5) is 0 Å². The molecule has 4 nitrogen and oxygen atoms in total. The Morgan fingerprint density at radius 3 is 2.88 bits per heavy atom. The molecule has 0 spiro atoms. The molecule has 4 heteroatoms. The molecule has 1 aliphatic carbocycles. The number of aliphatic carboxylic acids is 1. The summed E-state index contributed by atoms with van der Waals surface area (Å²) in [5.74, 6) is -0.750. The number of rotatable bonds is 3. The zero-order chi connectivity index (χ0) is 11.6. The SMILES string of the molecule is O=C(O)C1(CC2CCOC2)CCCCC1=O. The van der Waals surface area contributed by atoms with E-state index >= 15 is 0 Å². The Hall–Kier alpha value is -0.900. The number of hydrogen-bond acceptors (Lipinski definition) is 3. The van der Waals surface area contributed by atoms with Gasteiger partial charge in [0.05, 0.1) is 0 Å². The summed E-state index contributed by atoms with van der Waals surface area (Å²) in [6.45, 7) is 1.32. The fourth-order valence-electron chi connectivity index (χ4n) is 2.86. The van der Waals surface area contributed by atoms with Gasteiger partial charge in [-0.15, -0.1) is 0 Å². The van der Waals surface area contributed by atoms with E-state index in [9.17, 15) is 14.7 Å². The first-order chi connectivity index (χ1) is 7.65. The Balaban J connectivity index is 2.13. The molecule has 90 valence electrons. The minimum absolute atomic E-state index is 0.0712. The van der Waals surface area contributed by atoms with Crippen LogP contribution >= 0.6 is 0 Å². The first-order valence-electron chi connectivity index (χ1n) is 5.99. The predicted molar refractivity (Wildman–Crippen MR) is 57.1 cm³/mol. The summed E-state index contributed by atoms with van der Waals surface area (Å²) in [7, 11) is 0. The molecule has 1 heterocycles. The molecular weight excluding hydrogens is 208 g/mol. The highest BCUT2D eigenvalue weighted by atomic mass is 16.5. The maximum atomic E-state index is 11.9. The van der Waals surface area contributed by atoms with E-state index in [0.717, 1.165) is 19.3 Å². The summed E-state index contributed by atoms with van der Waals surface area (Å²) < 4.78 is 5.25. The third-order valence-electron chi connectivity index (χ3n) is 3.86. The number of carbonyl (C=O) groups is 2. The molecule has 0 aromatic carbocycles. The van der Waals surface area contributed by atoms with Crippen LogP contribution in [0.1, 0.15) is 38.5 Å². The number of carboxylic acids is 1. The molecule has 1 saturated heterocycles. The maximum Gasteiger partial charge on any atom is 0.317 e. The second-order valence-corrected chi connectivity index (χ2v) is 4.95. The van der Waals surface area contributed by atoms with Crippen LogP contribution in [0.25, 0.3) is 0 Å². The Morgan fingerprint density at radius 1 is 1.50 bits per heavy atom. The Labute approximate surface area is 95.0 Å². The second-order valence-electron chi connectivity index (χ2n) is 4.95. The van der Waals surface area contributed by atoms with Crippen LogP contribution < -0.4 is 0 Å². The van der Waals surface area contributed by atoms with Gasteiger partial charge in [0.1, 0.15) is 11.2 Å². The van der Waals surface area contributed by atoms with Crippen LogP contribution in [-0.2, 0) is 14.3 Å². The smallest absolute Gasteiger partial charge is 0.317 e. The lowest BCUT2D eigenvalue weighted by molar-refractivity contribution is -0.158. The highest BCUT2D eigenvalue weighted by Crippen LogP contribution is 2.40. The zero-order valence-corrected chi connectivity index (χ0v) is 9.41.